The van der Waals surface area contributed by atoms with Gasteiger partial charge in [-0.15, -0.1) is 0 Å². The third kappa shape index (κ3) is 3.97. The predicted octanol–water partition coefficient (Wildman–Crippen LogP) is 5.06. The third-order valence-corrected chi connectivity index (χ3v) is 5.47. The van der Waals surface area contributed by atoms with Crippen molar-refractivity contribution in [2.24, 2.45) is 0 Å². The van der Waals surface area contributed by atoms with Gasteiger partial charge in [0, 0.05) is 40.6 Å². The zero-order chi connectivity index (χ0) is 20.4. The van der Waals surface area contributed by atoms with E-state index in [-0.39, 0.29) is 5.91 Å². The number of aromatic nitrogens is 3. The van der Waals surface area contributed by atoms with Crippen molar-refractivity contribution in [3.63, 3.8) is 0 Å². The van der Waals surface area contributed by atoms with Crippen LogP contribution in [0.3, 0.4) is 0 Å². The monoisotopic (exact) mass is 424 g/mol. The number of fused-ring (bicyclic) bond motifs is 1. The van der Waals surface area contributed by atoms with E-state index in [1.807, 2.05) is 42.5 Å². The molecule has 1 amide bonds. The first-order valence-corrected chi connectivity index (χ1v) is 9.82. The van der Waals surface area contributed by atoms with Crippen molar-refractivity contribution in [2.45, 2.75) is 13.1 Å². The van der Waals surface area contributed by atoms with E-state index in [4.69, 9.17) is 28.2 Å². The first-order valence-electron chi connectivity index (χ1n) is 9.07. The standard InChI is InChI=1S/C22H18Cl2N4O/c1-27(22(29)15-9-11-25-12-10-15)14-21-26-19-7-2-3-8-20(19)28(21)13-16-17(23)5-4-6-18(16)24/h2-12H,13-14H2,1H3. The largest absolute Gasteiger partial charge is 0.334 e. The number of carbonyl (C=O) groups is 1. The van der Waals surface area contributed by atoms with Crippen molar-refractivity contribution in [1.29, 1.82) is 0 Å². The molecule has 0 fully saturated rings. The number of hydrogen-bond donors (Lipinski definition) is 0. The molecule has 5 nitrogen and oxygen atoms in total. The minimum atomic E-state index is -0.0956. The van der Waals surface area contributed by atoms with Crippen molar-refractivity contribution in [2.75, 3.05) is 7.05 Å². The highest BCUT2D eigenvalue weighted by molar-refractivity contribution is 6.36. The van der Waals surface area contributed by atoms with Crippen LogP contribution in [0.25, 0.3) is 11.0 Å². The molecule has 4 aromatic rings. The molecule has 2 aromatic carbocycles. The Kier molecular flexibility index (Phi) is 5.51. The van der Waals surface area contributed by atoms with Crippen LogP contribution < -0.4 is 0 Å². The van der Waals surface area contributed by atoms with Crippen LogP contribution in [-0.2, 0) is 13.1 Å². The van der Waals surface area contributed by atoms with Crippen molar-refractivity contribution in [3.05, 3.63) is 94.0 Å². The lowest BCUT2D eigenvalue weighted by atomic mass is 10.2. The topological polar surface area (TPSA) is 51.0 Å². The Morgan fingerprint density at radius 2 is 1.69 bits per heavy atom. The Morgan fingerprint density at radius 1 is 1.00 bits per heavy atom. The van der Waals surface area contributed by atoms with Gasteiger partial charge in [0.1, 0.15) is 5.82 Å². The van der Waals surface area contributed by atoms with Crippen molar-refractivity contribution in [3.8, 4) is 0 Å². The molecule has 146 valence electrons. The average molecular weight is 425 g/mol. The summed E-state index contributed by atoms with van der Waals surface area (Å²) in [4.78, 5) is 23.1. The maximum absolute atomic E-state index is 12.8. The molecule has 0 atom stereocenters. The summed E-state index contributed by atoms with van der Waals surface area (Å²) < 4.78 is 2.05. The molecule has 0 spiro atoms. The van der Waals surface area contributed by atoms with Gasteiger partial charge in [0.15, 0.2) is 0 Å². The normalized spacial score (nSPS) is 11.0. The summed E-state index contributed by atoms with van der Waals surface area (Å²) in [6.45, 7) is 0.809. The molecule has 0 aliphatic rings. The second-order valence-corrected chi connectivity index (χ2v) is 7.51. The summed E-state index contributed by atoms with van der Waals surface area (Å²) in [5, 5.41) is 1.20. The van der Waals surface area contributed by atoms with Crippen LogP contribution in [0.1, 0.15) is 21.7 Å². The SMILES string of the molecule is CN(Cc1nc2ccccc2n1Cc1c(Cl)cccc1Cl)C(=O)c1ccncc1. The number of hydrogen-bond acceptors (Lipinski definition) is 3. The average Bonchev–Trinajstić information content (AvgIpc) is 3.07. The van der Waals surface area contributed by atoms with Crippen LogP contribution in [0.2, 0.25) is 10.0 Å². The van der Waals surface area contributed by atoms with Gasteiger partial charge in [0.25, 0.3) is 5.91 Å². The number of pyridine rings is 1. The lowest BCUT2D eigenvalue weighted by Crippen LogP contribution is -2.28. The van der Waals surface area contributed by atoms with Gasteiger partial charge < -0.3 is 9.47 Å². The molecular formula is C22H18Cl2N4O. The van der Waals surface area contributed by atoms with E-state index in [0.717, 1.165) is 22.4 Å². The summed E-state index contributed by atoms with van der Waals surface area (Å²) in [6.07, 6.45) is 3.21. The van der Waals surface area contributed by atoms with Gasteiger partial charge in [-0.25, -0.2) is 4.98 Å². The van der Waals surface area contributed by atoms with E-state index in [9.17, 15) is 4.79 Å². The minimum absolute atomic E-state index is 0.0956. The lowest BCUT2D eigenvalue weighted by Gasteiger charge is -2.18. The fraction of sp³-hybridized carbons (Fsp3) is 0.136. The van der Waals surface area contributed by atoms with Crippen molar-refractivity contribution in [1.82, 2.24) is 19.4 Å². The molecule has 0 aliphatic carbocycles. The number of benzene rings is 2. The van der Waals surface area contributed by atoms with E-state index in [0.29, 0.717) is 28.7 Å². The summed E-state index contributed by atoms with van der Waals surface area (Å²) in [6, 6.07) is 16.7. The number of nitrogens with zero attached hydrogens (tertiary/aromatic N) is 4. The molecule has 0 aliphatic heterocycles. The highest BCUT2D eigenvalue weighted by atomic mass is 35.5. The smallest absolute Gasteiger partial charge is 0.254 e. The number of amides is 1. The van der Waals surface area contributed by atoms with Crippen LogP contribution in [-0.4, -0.2) is 32.4 Å². The van der Waals surface area contributed by atoms with Gasteiger partial charge in [-0.3, -0.25) is 9.78 Å². The molecule has 0 N–H and O–H groups in total. The lowest BCUT2D eigenvalue weighted by molar-refractivity contribution is 0.0780. The molecule has 0 bridgehead atoms. The van der Waals surface area contributed by atoms with Crippen molar-refractivity contribution < 1.29 is 4.79 Å². The molecule has 7 heteroatoms. The Hall–Kier alpha value is -2.89. The second kappa shape index (κ2) is 8.23. The molecule has 0 saturated heterocycles. The number of rotatable bonds is 5. The fourth-order valence-electron chi connectivity index (χ4n) is 3.26. The maximum atomic E-state index is 12.8. The Bertz CT molecular complexity index is 1150. The van der Waals surface area contributed by atoms with Gasteiger partial charge in [-0.2, -0.15) is 0 Å². The van der Waals surface area contributed by atoms with Crippen LogP contribution in [0.5, 0.6) is 0 Å². The predicted molar refractivity (Wildman–Crippen MR) is 115 cm³/mol. The summed E-state index contributed by atoms with van der Waals surface area (Å²) in [5.74, 6) is 0.661. The highest BCUT2D eigenvalue weighted by Crippen LogP contribution is 2.28. The minimum Gasteiger partial charge on any atom is -0.334 e. The quantitative estimate of drug-likeness (QED) is 0.449. The number of imidazole rings is 1. The summed E-state index contributed by atoms with van der Waals surface area (Å²) >= 11 is 12.8. The number of halogens is 2. The number of para-hydroxylation sites is 2. The molecule has 29 heavy (non-hydrogen) atoms. The van der Waals surface area contributed by atoms with E-state index in [2.05, 4.69) is 9.55 Å². The fourth-order valence-corrected chi connectivity index (χ4v) is 3.78. The Morgan fingerprint density at radius 3 is 2.41 bits per heavy atom. The van der Waals surface area contributed by atoms with E-state index < -0.39 is 0 Å². The van der Waals surface area contributed by atoms with Crippen molar-refractivity contribution >= 4 is 40.1 Å². The van der Waals surface area contributed by atoms with E-state index >= 15 is 0 Å². The van der Waals surface area contributed by atoms with Gasteiger partial charge in [-0.1, -0.05) is 41.4 Å². The molecule has 2 aromatic heterocycles. The Balaban J connectivity index is 1.71. The summed E-state index contributed by atoms with van der Waals surface area (Å²) in [5.41, 5.74) is 3.22. The zero-order valence-electron chi connectivity index (χ0n) is 15.7. The van der Waals surface area contributed by atoms with Gasteiger partial charge in [0.2, 0.25) is 0 Å². The summed E-state index contributed by atoms with van der Waals surface area (Å²) in [7, 11) is 1.76. The van der Waals surface area contributed by atoms with Gasteiger partial charge in [0.05, 0.1) is 24.1 Å². The molecule has 2 heterocycles. The molecule has 0 saturated carbocycles. The first-order chi connectivity index (χ1) is 14.0. The van der Waals surface area contributed by atoms with Crippen LogP contribution in [0.15, 0.2) is 67.0 Å². The zero-order valence-corrected chi connectivity index (χ0v) is 17.2. The molecular weight excluding hydrogens is 407 g/mol. The van der Waals surface area contributed by atoms with E-state index in [1.54, 1.807) is 36.5 Å². The molecule has 0 radical (unpaired) electrons. The van der Waals surface area contributed by atoms with Gasteiger partial charge in [-0.05, 0) is 36.4 Å². The van der Waals surface area contributed by atoms with Gasteiger partial charge >= 0.3 is 0 Å². The van der Waals surface area contributed by atoms with Crippen LogP contribution in [0, 0.1) is 0 Å². The van der Waals surface area contributed by atoms with Crippen LogP contribution in [0.4, 0.5) is 0 Å². The van der Waals surface area contributed by atoms with Crippen LogP contribution >= 0.6 is 23.2 Å². The van der Waals surface area contributed by atoms with E-state index in [1.165, 1.54) is 0 Å². The third-order valence-electron chi connectivity index (χ3n) is 4.76. The first kappa shape index (κ1) is 19.4. The molecule has 0 unspecified atom stereocenters. The maximum Gasteiger partial charge on any atom is 0.254 e. The second-order valence-electron chi connectivity index (χ2n) is 6.70. The number of carbonyl (C=O) groups excluding carboxylic acids is 1. The Labute approximate surface area is 178 Å². The highest BCUT2D eigenvalue weighted by Gasteiger charge is 2.18. The molecule has 4 rings (SSSR count).